The number of fused-ring (bicyclic) bond motifs is 12. The quantitative estimate of drug-likeness (QED) is 0.201. The Morgan fingerprint density at radius 2 is 0.978 bits per heavy atom. The lowest BCUT2D eigenvalue weighted by molar-refractivity contribution is 0.955. The third kappa shape index (κ3) is 3.63. The Morgan fingerprint density at radius 3 is 1.67 bits per heavy atom. The SMILES string of the molecule is c1ccc(-c2nc(-c3ccccc3)nc(-n3c4ccccc4c4c5ccccc5c5c6ccc7ccccc7c6sc5c43)n2)cc1. The highest BCUT2D eigenvalue weighted by atomic mass is 32.1. The van der Waals surface area contributed by atoms with Gasteiger partial charge in [-0.1, -0.05) is 140 Å². The molecule has 0 amide bonds. The van der Waals surface area contributed by atoms with E-state index in [1.807, 2.05) is 47.7 Å². The number of rotatable bonds is 3. The zero-order valence-corrected chi connectivity index (χ0v) is 25.4. The van der Waals surface area contributed by atoms with Gasteiger partial charge >= 0.3 is 0 Å². The van der Waals surface area contributed by atoms with Gasteiger partial charge in [0.15, 0.2) is 11.6 Å². The van der Waals surface area contributed by atoms with Gasteiger partial charge in [0.25, 0.3) is 0 Å². The van der Waals surface area contributed by atoms with Gasteiger partial charge in [-0.05, 0) is 27.6 Å². The van der Waals surface area contributed by atoms with Gasteiger partial charge in [-0.2, -0.15) is 9.97 Å². The lowest BCUT2D eigenvalue weighted by atomic mass is 9.98. The Hall–Kier alpha value is -5.91. The van der Waals surface area contributed by atoms with Crippen LogP contribution in [-0.2, 0) is 0 Å². The standard InChI is InChI=1S/C41H24N4S/c1-3-14-26(15-4-1)39-42-40(27-16-5-2-6-17-27)44-41(43-39)45-33-22-12-11-21-31(33)34-29-19-9-10-20-30(29)35-32-24-23-25-13-7-8-18-28(25)37(32)46-38(35)36(34)45/h1-24H. The van der Waals surface area contributed by atoms with Crippen molar-refractivity contribution in [2.24, 2.45) is 0 Å². The van der Waals surface area contributed by atoms with Crippen molar-refractivity contribution in [3.8, 4) is 28.7 Å². The summed E-state index contributed by atoms with van der Waals surface area (Å²) in [5.74, 6) is 1.90. The zero-order valence-electron chi connectivity index (χ0n) is 24.6. The summed E-state index contributed by atoms with van der Waals surface area (Å²) >= 11 is 1.87. The number of thiophene rings is 1. The lowest BCUT2D eigenvalue weighted by Crippen LogP contribution is -2.06. The first-order chi connectivity index (χ1) is 22.8. The predicted molar refractivity (Wildman–Crippen MR) is 193 cm³/mol. The molecule has 0 aliphatic heterocycles. The summed E-state index contributed by atoms with van der Waals surface area (Å²) < 4.78 is 4.81. The number of hydrogen-bond donors (Lipinski definition) is 0. The first kappa shape index (κ1) is 25.4. The molecule has 0 bridgehead atoms. The van der Waals surface area contributed by atoms with Gasteiger partial charge in [0.1, 0.15) is 0 Å². The Kier molecular flexibility index (Phi) is 5.41. The van der Waals surface area contributed by atoms with Crippen molar-refractivity contribution < 1.29 is 0 Å². The molecule has 0 saturated heterocycles. The Labute approximate surface area is 267 Å². The Morgan fingerprint density at radius 1 is 0.413 bits per heavy atom. The van der Waals surface area contributed by atoms with Crippen LogP contribution < -0.4 is 0 Å². The molecule has 10 aromatic rings. The van der Waals surface area contributed by atoms with Gasteiger partial charge < -0.3 is 0 Å². The second-order valence-corrected chi connectivity index (χ2v) is 12.6. The zero-order chi connectivity index (χ0) is 30.2. The van der Waals surface area contributed by atoms with Crippen molar-refractivity contribution in [3.05, 3.63) is 146 Å². The van der Waals surface area contributed by atoms with Crippen LogP contribution in [0.3, 0.4) is 0 Å². The van der Waals surface area contributed by atoms with Crippen LogP contribution in [0.5, 0.6) is 0 Å². The van der Waals surface area contributed by atoms with Gasteiger partial charge in [0.05, 0.1) is 15.7 Å². The first-order valence-electron chi connectivity index (χ1n) is 15.4. The second kappa shape index (κ2) is 9.80. The van der Waals surface area contributed by atoms with Crippen LogP contribution >= 0.6 is 11.3 Å². The van der Waals surface area contributed by atoms with E-state index in [0.29, 0.717) is 17.6 Å². The van der Waals surface area contributed by atoms with E-state index in [9.17, 15) is 0 Å². The summed E-state index contributed by atoms with van der Waals surface area (Å²) in [6.45, 7) is 0. The molecule has 5 heteroatoms. The molecule has 7 aromatic carbocycles. The van der Waals surface area contributed by atoms with Crippen LogP contribution in [0.1, 0.15) is 0 Å². The van der Waals surface area contributed by atoms with Crippen molar-refractivity contribution >= 4 is 74.9 Å². The summed E-state index contributed by atoms with van der Waals surface area (Å²) in [5.41, 5.74) is 4.10. The van der Waals surface area contributed by atoms with Gasteiger partial charge in [0.2, 0.25) is 5.95 Å². The monoisotopic (exact) mass is 604 g/mol. The number of hydrogen-bond acceptors (Lipinski definition) is 4. The minimum Gasteiger partial charge on any atom is -0.276 e. The smallest absolute Gasteiger partial charge is 0.238 e. The summed E-state index contributed by atoms with van der Waals surface area (Å²) in [7, 11) is 0. The van der Waals surface area contributed by atoms with E-state index < -0.39 is 0 Å². The van der Waals surface area contributed by atoms with Gasteiger partial charge in [-0.3, -0.25) is 4.57 Å². The van der Waals surface area contributed by atoms with Crippen LogP contribution in [0, 0.1) is 0 Å². The maximum absolute atomic E-state index is 5.21. The molecule has 0 spiro atoms. The number of aromatic nitrogens is 4. The molecule has 0 aliphatic carbocycles. The highest BCUT2D eigenvalue weighted by Crippen LogP contribution is 2.49. The molecule has 46 heavy (non-hydrogen) atoms. The van der Waals surface area contributed by atoms with E-state index in [1.54, 1.807) is 0 Å². The van der Waals surface area contributed by atoms with Crippen molar-refractivity contribution in [3.63, 3.8) is 0 Å². The van der Waals surface area contributed by atoms with Crippen LogP contribution in [0.2, 0.25) is 0 Å². The van der Waals surface area contributed by atoms with Crippen LogP contribution in [-0.4, -0.2) is 19.5 Å². The molecule has 0 atom stereocenters. The molecular formula is C41H24N4S. The van der Waals surface area contributed by atoms with E-state index in [4.69, 9.17) is 15.0 Å². The average molecular weight is 605 g/mol. The molecule has 0 N–H and O–H groups in total. The molecule has 10 rings (SSSR count). The molecule has 3 aromatic heterocycles. The van der Waals surface area contributed by atoms with Crippen molar-refractivity contribution in [1.29, 1.82) is 0 Å². The van der Waals surface area contributed by atoms with E-state index in [1.165, 1.54) is 52.5 Å². The Bertz CT molecular complexity index is 2740. The summed E-state index contributed by atoms with van der Waals surface area (Å²) in [5, 5.41) is 9.98. The molecular weight excluding hydrogens is 581 g/mol. The third-order valence-corrected chi connectivity index (χ3v) is 10.3. The van der Waals surface area contributed by atoms with Crippen molar-refractivity contribution in [1.82, 2.24) is 19.5 Å². The highest BCUT2D eigenvalue weighted by Gasteiger charge is 2.24. The summed E-state index contributed by atoms with van der Waals surface area (Å²) in [6.07, 6.45) is 0. The molecule has 0 saturated carbocycles. The van der Waals surface area contributed by atoms with Crippen molar-refractivity contribution in [2.45, 2.75) is 0 Å². The number of nitrogens with zero attached hydrogens (tertiary/aromatic N) is 4. The normalized spacial score (nSPS) is 11.9. The number of para-hydroxylation sites is 1. The van der Waals surface area contributed by atoms with E-state index in [-0.39, 0.29) is 0 Å². The molecule has 214 valence electrons. The molecule has 3 heterocycles. The second-order valence-electron chi connectivity index (χ2n) is 11.6. The summed E-state index contributed by atoms with van der Waals surface area (Å²) in [4.78, 5) is 15.4. The fraction of sp³-hybridized carbons (Fsp3) is 0. The first-order valence-corrected chi connectivity index (χ1v) is 16.2. The van der Waals surface area contributed by atoms with E-state index in [0.717, 1.165) is 22.2 Å². The Balaban J connectivity index is 1.43. The predicted octanol–water partition coefficient (Wildman–Crippen LogP) is 11.0. The lowest BCUT2D eigenvalue weighted by Gasteiger charge is -2.12. The molecule has 0 aliphatic rings. The van der Waals surface area contributed by atoms with Crippen LogP contribution in [0.25, 0.3) is 92.2 Å². The molecule has 0 unspecified atom stereocenters. The minimum atomic E-state index is 0.609. The van der Waals surface area contributed by atoms with Crippen LogP contribution in [0.15, 0.2) is 146 Å². The largest absolute Gasteiger partial charge is 0.276 e. The fourth-order valence-electron chi connectivity index (χ4n) is 7.01. The van der Waals surface area contributed by atoms with Crippen LogP contribution in [0.4, 0.5) is 0 Å². The van der Waals surface area contributed by atoms with Crippen molar-refractivity contribution in [2.75, 3.05) is 0 Å². The maximum atomic E-state index is 5.21. The maximum Gasteiger partial charge on any atom is 0.238 e. The third-order valence-electron chi connectivity index (χ3n) is 9.02. The van der Waals surface area contributed by atoms with E-state index >= 15 is 0 Å². The molecule has 0 fully saturated rings. The fourth-order valence-corrected chi connectivity index (χ4v) is 8.40. The molecule has 4 nitrogen and oxygen atoms in total. The van der Waals surface area contributed by atoms with Gasteiger partial charge in [-0.15, -0.1) is 11.3 Å². The topological polar surface area (TPSA) is 43.6 Å². The van der Waals surface area contributed by atoms with Gasteiger partial charge in [-0.25, -0.2) is 4.98 Å². The minimum absolute atomic E-state index is 0.609. The highest BCUT2D eigenvalue weighted by molar-refractivity contribution is 7.27. The van der Waals surface area contributed by atoms with E-state index in [2.05, 4.69) is 114 Å². The molecule has 0 radical (unpaired) electrons. The van der Waals surface area contributed by atoms with Gasteiger partial charge in [0, 0.05) is 37.4 Å². The average Bonchev–Trinajstić information content (AvgIpc) is 3.70. The summed E-state index contributed by atoms with van der Waals surface area (Å²) in [6, 6.07) is 51.1. The number of benzene rings is 7.